The molecular formula is C35H41N5O7S2. The maximum absolute atomic E-state index is 14.1. The minimum atomic E-state index is -3.80. The molecule has 0 unspecified atom stereocenters. The Bertz CT molecular complexity index is 1970. The maximum Gasteiger partial charge on any atom is 0.318 e. The second kappa shape index (κ2) is 12.4. The van der Waals surface area contributed by atoms with Crippen LogP contribution in [0.4, 0.5) is 4.79 Å². The summed E-state index contributed by atoms with van der Waals surface area (Å²) in [5.41, 5.74) is 1.96. The zero-order valence-corrected chi connectivity index (χ0v) is 29.7. The number of hydrogen-bond acceptors (Lipinski definition) is 10. The molecule has 2 saturated heterocycles. The number of allylic oxidation sites excluding steroid dienone is 1. The SMILES string of the molecule is C=C[C@@H]1C[C@]1(CC(=O)[C@@H]1C[C@@H](Oc2cc(-c3nc(C(C)C)cs3)nc3c(C)c(OC)ccc23)[C@H]2CCNC(=O)N21)C(=O)NS(=O)(=O)C1CC1. The molecule has 0 spiro atoms. The van der Waals surface area contributed by atoms with Crippen LogP contribution in [0.15, 0.2) is 36.2 Å². The number of aryl methyl sites for hydroxylation is 1. The molecule has 260 valence electrons. The maximum atomic E-state index is 14.1. The summed E-state index contributed by atoms with van der Waals surface area (Å²) < 4.78 is 39.9. The third-order valence-electron chi connectivity index (χ3n) is 10.4. The van der Waals surface area contributed by atoms with Crippen molar-refractivity contribution in [3.05, 3.63) is 47.5 Å². The second-order valence-corrected chi connectivity index (χ2v) is 16.8. The average molecular weight is 708 g/mol. The zero-order chi connectivity index (χ0) is 34.8. The summed E-state index contributed by atoms with van der Waals surface area (Å²) in [4.78, 5) is 52.2. The summed E-state index contributed by atoms with van der Waals surface area (Å²) in [6.45, 7) is 10.4. The van der Waals surface area contributed by atoms with Gasteiger partial charge in [0.15, 0.2) is 5.78 Å². The van der Waals surface area contributed by atoms with Crippen molar-refractivity contribution in [1.82, 2.24) is 24.9 Å². The van der Waals surface area contributed by atoms with Gasteiger partial charge in [-0.3, -0.25) is 14.3 Å². The number of nitrogens with one attached hydrogen (secondary N) is 2. The minimum Gasteiger partial charge on any atom is -0.496 e. The van der Waals surface area contributed by atoms with Crippen molar-refractivity contribution in [2.24, 2.45) is 11.3 Å². The number of carbonyl (C=O) groups is 3. The molecule has 2 aliphatic carbocycles. The van der Waals surface area contributed by atoms with Crippen LogP contribution in [0.2, 0.25) is 0 Å². The van der Waals surface area contributed by atoms with Gasteiger partial charge in [-0.1, -0.05) is 19.9 Å². The molecule has 0 radical (unpaired) electrons. The number of nitrogens with zero attached hydrogens (tertiary/aromatic N) is 3. The van der Waals surface area contributed by atoms with E-state index in [0.29, 0.717) is 54.9 Å². The molecular weight excluding hydrogens is 667 g/mol. The lowest BCUT2D eigenvalue weighted by molar-refractivity contribution is -0.131. The number of sulfonamides is 1. The van der Waals surface area contributed by atoms with E-state index in [2.05, 4.69) is 30.5 Å². The Labute approximate surface area is 289 Å². The molecule has 5 atom stereocenters. The van der Waals surface area contributed by atoms with Crippen molar-refractivity contribution in [2.75, 3.05) is 13.7 Å². The molecule has 2 saturated carbocycles. The largest absolute Gasteiger partial charge is 0.496 e. The number of Topliss-reactive ketones (excluding diaryl/α,β-unsaturated/α-hetero) is 1. The molecule has 2 aromatic heterocycles. The van der Waals surface area contributed by atoms with Gasteiger partial charge in [-0.15, -0.1) is 17.9 Å². The third kappa shape index (κ3) is 5.96. The Kier molecular flexibility index (Phi) is 8.45. The van der Waals surface area contributed by atoms with Gasteiger partial charge >= 0.3 is 6.03 Å². The van der Waals surface area contributed by atoms with Crippen LogP contribution in [-0.4, -0.2) is 78.1 Å². The summed E-state index contributed by atoms with van der Waals surface area (Å²) >= 11 is 1.51. The highest BCUT2D eigenvalue weighted by molar-refractivity contribution is 7.90. The first-order valence-electron chi connectivity index (χ1n) is 16.7. The molecule has 2 aliphatic heterocycles. The molecule has 14 heteroatoms. The van der Waals surface area contributed by atoms with Crippen LogP contribution in [0, 0.1) is 18.3 Å². The number of ketones is 1. The normalized spacial score (nSPS) is 26.3. The summed E-state index contributed by atoms with van der Waals surface area (Å²) in [6, 6.07) is 4.03. The zero-order valence-electron chi connectivity index (χ0n) is 28.0. The number of amides is 3. The number of fused-ring (bicyclic) bond motifs is 2. The molecule has 7 rings (SSSR count). The number of carbonyl (C=O) groups excluding carboxylic acids is 3. The van der Waals surface area contributed by atoms with Gasteiger partial charge in [-0.05, 0) is 56.6 Å². The quantitative estimate of drug-likeness (QED) is 0.251. The molecule has 12 nitrogen and oxygen atoms in total. The highest BCUT2D eigenvalue weighted by Crippen LogP contribution is 2.57. The van der Waals surface area contributed by atoms with E-state index < -0.39 is 44.8 Å². The lowest BCUT2D eigenvalue weighted by Crippen LogP contribution is -2.56. The van der Waals surface area contributed by atoms with E-state index in [0.717, 1.165) is 21.7 Å². The van der Waals surface area contributed by atoms with Crippen molar-refractivity contribution in [2.45, 2.75) is 88.7 Å². The molecule has 4 fully saturated rings. The lowest BCUT2D eigenvalue weighted by atomic mass is 9.91. The second-order valence-electron chi connectivity index (χ2n) is 14.0. The molecule has 2 N–H and O–H groups in total. The number of thiazole rings is 1. The van der Waals surface area contributed by atoms with Gasteiger partial charge in [0.1, 0.15) is 28.3 Å². The fourth-order valence-electron chi connectivity index (χ4n) is 7.30. The Morgan fingerprint density at radius 3 is 2.65 bits per heavy atom. The van der Waals surface area contributed by atoms with Crippen molar-refractivity contribution in [3.63, 3.8) is 0 Å². The summed E-state index contributed by atoms with van der Waals surface area (Å²) in [5.74, 6) is 0.186. The average Bonchev–Trinajstić information content (AvgIpc) is 3.96. The van der Waals surface area contributed by atoms with Gasteiger partial charge < -0.3 is 19.7 Å². The first-order valence-corrected chi connectivity index (χ1v) is 19.2. The van der Waals surface area contributed by atoms with Crippen LogP contribution in [0.3, 0.4) is 0 Å². The smallest absolute Gasteiger partial charge is 0.318 e. The van der Waals surface area contributed by atoms with Gasteiger partial charge in [-0.2, -0.15) is 0 Å². The molecule has 49 heavy (non-hydrogen) atoms. The summed E-state index contributed by atoms with van der Waals surface area (Å²) in [5, 5.41) is 5.84. The Morgan fingerprint density at radius 1 is 1.22 bits per heavy atom. The van der Waals surface area contributed by atoms with Crippen LogP contribution >= 0.6 is 11.3 Å². The van der Waals surface area contributed by atoms with E-state index in [1.165, 1.54) is 11.3 Å². The number of pyridine rings is 1. The van der Waals surface area contributed by atoms with Crippen molar-refractivity contribution in [3.8, 4) is 22.2 Å². The fourth-order valence-corrected chi connectivity index (χ4v) is 9.62. The third-order valence-corrected chi connectivity index (χ3v) is 13.1. The van der Waals surface area contributed by atoms with Crippen LogP contribution in [-0.2, 0) is 19.6 Å². The van der Waals surface area contributed by atoms with Gasteiger partial charge in [0.2, 0.25) is 15.9 Å². The Morgan fingerprint density at radius 2 is 2.00 bits per heavy atom. The predicted octanol–water partition coefficient (Wildman–Crippen LogP) is 4.86. The van der Waals surface area contributed by atoms with Gasteiger partial charge in [-0.25, -0.2) is 23.2 Å². The van der Waals surface area contributed by atoms with Crippen LogP contribution in [0.25, 0.3) is 21.6 Å². The molecule has 3 aromatic rings. The standard InChI is InChI=1S/C35H41N5O7S2/c1-6-20-15-35(20,33(42)39-49(44,45)21-7-8-21)16-27(41)26-14-30(25-11-12-36-34(43)40(25)26)47-29-13-23(32-38-24(17-48-32)18(2)3)37-31-19(4)28(46-5)10-9-22(29)31/h6,9-10,13,17-18,20-21,25-26,30H,1,7-8,11-12,14-16H2,2-5H3,(H,36,43)(H,39,42)/t20-,25-,26+,30-,35-/m1/s1. The van der Waals surface area contributed by atoms with Crippen molar-refractivity contribution in [1.29, 1.82) is 0 Å². The van der Waals surface area contributed by atoms with Gasteiger partial charge in [0, 0.05) is 41.8 Å². The van der Waals surface area contributed by atoms with E-state index in [9.17, 15) is 22.8 Å². The van der Waals surface area contributed by atoms with Gasteiger partial charge in [0.25, 0.3) is 0 Å². The predicted molar refractivity (Wildman–Crippen MR) is 185 cm³/mol. The number of hydrogen-bond donors (Lipinski definition) is 2. The number of ether oxygens (including phenoxy) is 2. The van der Waals surface area contributed by atoms with E-state index in [1.807, 2.05) is 30.5 Å². The molecule has 4 heterocycles. The van der Waals surface area contributed by atoms with Crippen LogP contribution in [0.1, 0.15) is 69.5 Å². The number of methoxy groups -OCH3 is 1. The molecule has 1 aromatic carbocycles. The van der Waals surface area contributed by atoms with E-state index in [1.54, 1.807) is 18.1 Å². The fraction of sp³-hybridized carbons (Fsp3) is 0.514. The molecule has 3 amide bonds. The molecule has 4 aliphatic rings. The minimum absolute atomic E-state index is 0.201. The highest BCUT2D eigenvalue weighted by atomic mass is 32.2. The van der Waals surface area contributed by atoms with Gasteiger partial charge in [0.05, 0.1) is 41.1 Å². The Hall–Kier alpha value is -4.04. The first kappa shape index (κ1) is 33.5. The topological polar surface area (TPSA) is 157 Å². The van der Waals surface area contributed by atoms with Crippen LogP contribution in [0.5, 0.6) is 11.5 Å². The summed E-state index contributed by atoms with van der Waals surface area (Å²) in [7, 11) is -2.18. The van der Waals surface area contributed by atoms with E-state index >= 15 is 0 Å². The monoisotopic (exact) mass is 707 g/mol. The van der Waals surface area contributed by atoms with E-state index in [-0.39, 0.29) is 36.5 Å². The Balaban J connectivity index is 1.20. The number of rotatable bonds is 12. The number of benzene rings is 1. The number of aromatic nitrogens is 2. The van der Waals surface area contributed by atoms with E-state index in [4.69, 9.17) is 19.4 Å². The van der Waals surface area contributed by atoms with Crippen molar-refractivity contribution >= 4 is 50.0 Å². The molecule has 0 bridgehead atoms. The lowest BCUT2D eigenvalue weighted by Gasteiger charge is -2.35. The summed E-state index contributed by atoms with van der Waals surface area (Å²) in [6.07, 6.45) is 3.00. The number of urea groups is 1. The first-order chi connectivity index (χ1) is 23.4. The van der Waals surface area contributed by atoms with Crippen molar-refractivity contribution < 1.29 is 32.3 Å². The van der Waals surface area contributed by atoms with Crippen LogP contribution < -0.4 is 19.5 Å². The highest BCUT2D eigenvalue weighted by Gasteiger charge is 2.62.